The first-order valence-electron chi connectivity index (χ1n) is 10.5. The molecule has 0 aliphatic heterocycles. The highest BCUT2D eigenvalue weighted by Gasteiger charge is 2.11. The highest BCUT2D eigenvalue weighted by Crippen LogP contribution is 2.30. The summed E-state index contributed by atoms with van der Waals surface area (Å²) in [6.45, 7) is 2.05. The maximum atomic E-state index is 12.1. The number of methoxy groups -OCH3 is 1. The van der Waals surface area contributed by atoms with E-state index < -0.39 is 10.9 Å². The quantitative estimate of drug-likeness (QED) is 0.129. The number of halogens is 2. The molecule has 0 bridgehead atoms. The van der Waals surface area contributed by atoms with Crippen LogP contribution >= 0.6 is 23.2 Å². The van der Waals surface area contributed by atoms with E-state index in [1.54, 1.807) is 26.2 Å². The number of carbonyl (C=O) groups excluding carboxylic acids is 1. The van der Waals surface area contributed by atoms with Crippen molar-refractivity contribution in [2.45, 2.75) is 26.4 Å². The van der Waals surface area contributed by atoms with Gasteiger partial charge < -0.3 is 14.3 Å². The van der Waals surface area contributed by atoms with Gasteiger partial charge in [0, 0.05) is 12.1 Å². The maximum absolute atomic E-state index is 12.1. The van der Waals surface area contributed by atoms with Crippen LogP contribution in [0.15, 0.2) is 65.8 Å². The third-order valence-corrected chi connectivity index (χ3v) is 5.72. The van der Waals surface area contributed by atoms with Crippen molar-refractivity contribution in [2.75, 3.05) is 7.11 Å². The fourth-order valence-electron chi connectivity index (χ4n) is 3.04. The number of nitrogens with zero attached hydrogens (tertiary/aromatic N) is 2. The molecule has 182 valence electrons. The van der Waals surface area contributed by atoms with Gasteiger partial charge in [0.2, 0.25) is 0 Å². The fraction of sp³-hybridized carbons (Fsp3) is 0.200. The standard InChI is InChI=1S/C25H22Cl2N2O6/c1-16(28-35-25(30)19-7-9-20(10-8-19)29(31)32)3-4-17-6-12-23(24(14-17)33-2)34-15-18-5-11-21(26)22(27)13-18/h5-14H,3-4,15H2,1-2H3/b28-16+. The molecule has 0 heterocycles. The summed E-state index contributed by atoms with van der Waals surface area (Å²) in [7, 11) is 1.56. The van der Waals surface area contributed by atoms with Crippen LogP contribution in [0.4, 0.5) is 5.69 Å². The van der Waals surface area contributed by atoms with Crippen LogP contribution in [0, 0.1) is 10.1 Å². The molecule has 10 heteroatoms. The third-order valence-electron chi connectivity index (χ3n) is 4.98. The molecule has 0 radical (unpaired) electrons. The summed E-state index contributed by atoms with van der Waals surface area (Å²) in [4.78, 5) is 27.2. The van der Waals surface area contributed by atoms with Crippen LogP contribution in [0.5, 0.6) is 11.5 Å². The van der Waals surface area contributed by atoms with Gasteiger partial charge in [-0.1, -0.05) is 40.5 Å². The summed E-state index contributed by atoms with van der Waals surface area (Å²) < 4.78 is 11.3. The number of non-ortho nitro benzene ring substituents is 1. The lowest BCUT2D eigenvalue weighted by atomic mass is 10.1. The first kappa shape index (κ1) is 26.0. The third kappa shape index (κ3) is 7.43. The number of aryl methyl sites for hydroxylation is 1. The topological polar surface area (TPSA) is 100 Å². The zero-order chi connectivity index (χ0) is 25.4. The summed E-state index contributed by atoms with van der Waals surface area (Å²) in [5.74, 6) is 0.482. The van der Waals surface area contributed by atoms with Crippen molar-refractivity contribution in [3.63, 3.8) is 0 Å². The zero-order valence-electron chi connectivity index (χ0n) is 19.0. The largest absolute Gasteiger partial charge is 0.493 e. The maximum Gasteiger partial charge on any atom is 0.365 e. The molecule has 0 saturated heterocycles. The lowest BCUT2D eigenvalue weighted by Crippen LogP contribution is -2.04. The highest BCUT2D eigenvalue weighted by molar-refractivity contribution is 6.42. The van der Waals surface area contributed by atoms with Crippen molar-refractivity contribution in [2.24, 2.45) is 5.16 Å². The molecule has 0 aliphatic rings. The fourth-order valence-corrected chi connectivity index (χ4v) is 3.36. The summed E-state index contributed by atoms with van der Waals surface area (Å²) in [6.07, 6.45) is 1.17. The van der Waals surface area contributed by atoms with Crippen molar-refractivity contribution in [1.29, 1.82) is 0 Å². The normalized spacial score (nSPS) is 11.1. The monoisotopic (exact) mass is 516 g/mol. The Bertz CT molecular complexity index is 1250. The van der Waals surface area contributed by atoms with Crippen molar-refractivity contribution in [1.82, 2.24) is 0 Å². The first-order chi connectivity index (χ1) is 16.8. The molecule has 0 aliphatic carbocycles. The average molecular weight is 517 g/mol. The summed E-state index contributed by atoms with van der Waals surface area (Å²) in [5.41, 5.74) is 2.54. The predicted octanol–water partition coefficient (Wildman–Crippen LogP) is 6.65. The molecule has 0 saturated carbocycles. The summed E-state index contributed by atoms with van der Waals surface area (Å²) in [6, 6.07) is 16.0. The summed E-state index contributed by atoms with van der Waals surface area (Å²) >= 11 is 12.0. The molecular formula is C25H22Cl2N2O6. The molecular weight excluding hydrogens is 495 g/mol. The second-order valence-electron chi connectivity index (χ2n) is 7.53. The molecule has 0 N–H and O–H groups in total. The molecule has 3 aromatic carbocycles. The first-order valence-corrected chi connectivity index (χ1v) is 11.3. The minimum atomic E-state index is -0.690. The van der Waals surface area contributed by atoms with Crippen molar-refractivity contribution >= 4 is 40.6 Å². The molecule has 35 heavy (non-hydrogen) atoms. The van der Waals surface area contributed by atoms with Gasteiger partial charge in [-0.15, -0.1) is 0 Å². The van der Waals surface area contributed by atoms with Crippen LogP contribution in [0.2, 0.25) is 10.0 Å². The van der Waals surface area contributed by atoms with E-state index in [2.05, 4.69) is 5.16 Å². The smallest absolute Gasteiger partial charge is 0.365 e. The number of benzene rings is 3. The zero-order valence-corrected chi connectivity index (χ0v) is 20.5. The predicted molar refractivity (Wildman–Crippen MR) is 134 cm³/mol. The van der Waals surface area contributed by atoms with Gasteiger partial charge in [0.1, 0.15) is 6.61 Å². The number of oxime groups is 1. The Labute approximate surface area is 212 Å². The van der Waals surface area contributed by atoms with Gasteiger partial charge in [0.05, 0.1) is 33.4 Å². The van der Waals surface area contributed by atoms with E-state index in [1.807, 2.05) is 24.3 Å². The van der Waals surface area contributed by atoms with E-state index >= 15 is 0 Å². The van der Waals surface area contributed by atoms with Crippen LogP contribution in [-0.2, 0) is 17.9 Å². The van der Waals surface area contributed by atoms with Crippen LogP contribution in [0.1, 0.15) is 34.8 Å². The lowest BCUT2D eigenvalue weighted by Gasteiger charge is -2.13. The van der Waals surface area contributed by atoms with Gasteiger partial charge in [-0.05, 0) is 67.3 Å². The van der Waals surface area contributed by atoms with Gasteiger partial charge in [0.25, 0.3) is 5.69 Å². The van der Waals surface area contributed by atoms with E-state index in [0.717, 1.165) is 11.1 Å². The highest BCUT2D eigenvalue weighted by atomic mass is 35.5. The molecule has 0 atom stereocenters. The average Bonchev–Trinajstić information content (AvgIpc) is 2.86. The minimum Gasteiger partial charge on any atom is -0.493 e. The Balaban J connectivity index is 1.54. The Morgan fingerprint density at radius 2 is 1.69 bits per heavy atom. The Hall–Kier alpha value is -3.62. The molecule has 0 fully saturated rings. The van der Waals surface area contributed by atoms with E-state index in [4.69, 9.17) is 37.5 Å². The SMILES string of the molecule is COc1cc(CC/C(C)=N/OC(=O)c2ccc([N+](=O)[O-])cc2)ccc1OCc1ccc(Cl)c(Cl)c1. The van der Waals surface area contributed by atoms with Gasteiger partial charge in [-0.2, -0.15) is 0 Å². The molecule has 0 spiro atoms. The van der Waals surface area contributed by atoms with Gasteiger partial charge in [0.15, 0.2) is 11.5 Å². The second-order valence-corrected chi connectivity index (χ2v) is 8.35. The molecule has 0 unspecified atom stereocenters. The number of rotatable bonds is 10. The number of nitro benzene ring substituents is 1. The van der Waals surface area contributed by atoms with E-state index in [0.29, 0.717) is 46.7 Å². The number of ether oxygens (including phenoxy) is 2. The van der Waals surface area contributed by atoms with Gasteiger partial charge in [-0.3, -0.25) is 10.1 Å². The van der Waals surface area contributed by atoms with Crippen LogP contribution < -0.4 is 9.47 Å². The Kier molecular flexibility index (Phi) is 9.05. The van der Waals surface area contributed by atoms with Crippen molar-refractivity contribution in [3.8, 4) is 11.5 Å². The number of carbonyl (C=O) groups is 1. The Morgan fingerprint density at radius 1 is 0.971 bits per heavy atom. The van der Waals surface area contributed by atoms with E-state index in [-0.39, 0.29) is 11.3 Å². The van der Waals surface area contributed by atoms with Crippen molar-refractivity contribution in [3.05, 3.63) is 97.5 Å². The van der Waals surface area contributed by atoms with E-state index in [1.165, 1.54) is 24.3 Å². The molecule has 8 nitrogen and oxygen atoms in total. The second kappa shape index (κ2) is 12.2. The molecule has 0 aromatic heterocycles. The van der Waals surface area contributed by atoms with Gasteiger partial charge >= 0.3 is 5.97 Å². The van der Waals surface area contributed by atoms with Crippen LogP contribution in [0.25, 0.3) is 0 Å². The summed E-state index contributed by atoms with van der Waals surface area (Å²) in [5, 5.41) is 15.5. The van der Waals surface area contributed by atoms with Gasteiger partial charge in [-0.25, -0.2) is 4.79 Å². The number of nitro groups is 1. The Morgan fingerprint density at radius 3 is 2.34 bits per heavy atom. The molecule has 3 aromatic rings. The van der Waals surface area contributed by atoms with E-state index in [9.17, 15) is 14.9 Å². The number of hydrogen-bond donors (Lipinski definition) is 0. The van der Waals surface area contributed by atoms with Crippen LogP contribution in [-0.4, -0.2) is 23.7 Å². The molecule has 3 rings (SSSR count). The molecule has 0 amide bonds. The minimum absolute atomic E-state index is 0.109. The van der Waals surface area contributed by atoms with Crippen molar-refractivity contribution < 1.29 is 24.0 Å². The number of hydrogen-bond acceptors (Lipinski definition) is 7. The van der Waals surface area contributed by atoms with Crippen LogP contribution in [0.3, 0.4) is 0 Å². The lowest BCUT2D eigenvalue weighted by molar-refractivity contribution is -0.384.